The molecule has 1 saturated heterocycles. The Labute approximate surface area is 123 Å². The standard InChI is InChI=1S/C14H22N6O/c1-3-15-9-11-4-6-19(7-5-11)12-8-13-17-18-14(21)20(13)10(2)16-12/h8,11,15H,3-7,9H2,1-2H3,(H,18,21). The second kappa shape index (κ2) is 5.85. The van der Waals surface area contributed by atoms with E-state index in [1.807, 2.05) is 13.0 Å². The zero-order chi connectivity index (χ0) is 14.8. The molecule has 0 spiro atoms. The van der Waals surface area contributed by atoms with E-state index in [0.717, 1.165) is 37.9 Å². The Balaban J connectivity index is 1.75. The summed E-state index contributed by atoms with van der Waals surface area (Å²) in [5.74, 6) is 2.34. The fourth-order valence-electron chi connectivity index (χ4n) is 2.96. The zero-order valence-corrected chi connectivity index (χ0v) is 12.6. The van der Waals surface area contributed by atoms with Crippen molar-refractivity contribution in [3.05, 3.63) is 22.4 Å². The average Bonchev–Trinajstić information content (AvgIpc) is 2.87. The molecular weight excluding hydrogens is 268 g/mol. The molecular formula is C14H22N6O. The highest BCUT2D eigenvalue weighted by Crippen LogP contribution is 2.22. The van der Waals surface area contributed by atoms with Crippen LogP contribution in [0.15, 0.2) is 10.9 Å². The SMILES string of the molecule is CCNCC1CCN(c2cc3n[nH]c(=O)n3c(C)n2)CC1. The molecule has 21 heavy (non-hydrogen) atoms. The molecule has 3 heterocycles. The molecule has 2 N–H and O–H groups in total. The van der Waals surface area contributed by atoms with Crippen LogP contribution in [-0.4, -0.2) is 45.8 Å². The van der Waals surface area contributed by atoms with Gasteiger partial charge >= 0.3 is 5.69 Å². The van der Waals surface area contributed by atoms with Crippen LogP contribution in [0.5, 0.6) is 0 Å². The third-order valence-electron chi connectivity index (χ3n) is 4.18. The number of H-pyrrole nitrogens is 1. The van der Waals surface area contributed by atoms with Gasteiger partial charge in [-0.3, -0.25) is 0 Å². The Morgan fingerprint density at radius 3 is 2.90 bits per heavy atom. The number of aromatic nitrogens is 4. The van der Waals surface area contributed by atoms with Crippen molar-refractivity contribution in [3.8, 4) is 0 Å². The first-order valence-corrected chi connectivity index (χ1v) is 7.59. The van der Waals surface area contributed by atoms with Crippen LogP contribution in [0.25, 0.3) is 5.65 Å². The molecule has 0 bridgehead atoms. The van der Waals surface area contributed by atoms with E-state index in [2.05, 4.69) is 32.3 Å². The minimum Gasteiger partial charge on any atom is -0.356 e. The van der Waals surface area contributed by atoms with Crippen LogP contribution in [-0.2, 0) is 0 Å². The molecule has 1 aliphatic heterocycles. The summed E-state index contributed by atoms with van der Waals surface area (Å²) < 4.78 is 1.50. The van der Waals surface area contributed by atoms with Crippen LogP contribution in [0.1, 0.15) is 25.6 Å². The lowest BCUT2D eigenvalue weighted by Crippen LogP contribution is -2.38. The van der Waals surface area contributed by atoms with Gasteiger partial charge in [0.05, 0.1) is 0 Å². The molecule has 3 rings (SSSR count). The highest BCUT2D eigenvalue weighted by molar-refractivity contribution is 5.51. The largest absolute Gasteiger partial charge is 0.356 e. The van der Waals surface area contributed by atoms with Gasteiger partial charge in [0, 0.05) is 19.2 Å². The third kappa shape index (κ3) is 2.78. The number of nitrogens with one attached hydrogen (secondary N) is 2. The van der Waals surface area contributed by atoms with Crippen molar-refractivity contribution < 1.29 is 0 Å². The van der Waals surface area contributed by atoms with Crippen LogP contribution in [0.3, 0.4) is 0 Å². The minimum absolute atomic E-state index is 0.231. The normalized spacial score (nSPS) is 16.8. The molecule has 2 aromatic heterocycles. The number of fused-ring (bicyclic) bond motifs is 1. The molecule has 114 valence electrons. The van der Waals surface area contributed by atoms with E-state index in [1.54, 1.807) is 0 Å². The molecule has 0 aliphatic carbocycles. The van der Waals surface area contributed by atoms with Crippen LogP contribution in [0, 0.1) is 12.8 Å². The zero-order valence-electron chi connectivity index (χ0n) is 12.6. The summed E-state index contributed by atoms with van der Waals surface area (Å²) >= 11 is 0. The molecule has 0 aromatic carbocycles. The Kier molecular flexibility index (Phi) is 3.92. The lowest BCUT2D eigenvalue weighted by Gasteiger charge is -2.33. The summed E-state index contributed by atoms with van der Waals surface area (Å²) in [5.41, 5.74) is 0.406. The second-order valence-electron chi connectivity index (χ2n) is 5.62. The molecule has 0 amide bonds. The Morgan fingerprint density at radius 2 is 2.19 bits per heavy atom. The monoisotopic (exact) mass is 290 g/mol. The van der Waals surface area contributed by atoms with Crippen molar-refractivity contribution in [3.63, 3.8) is 0 Å². The molecule has 0 unspecified atom stereocenters. The number of hydrogen-bond donors (Lipinski definition) is 2. The molecule has 0 saturated carbocycles. The molecule has 0 atom stereocenters. The van der Waals surface area contributed by atoms with Crippen molar-refractivity contribution in [2.45, 2.75) is 26.7 Å². The van der Waals surface area contributed by atoms with Gasteiger partial charge in [0.1, 0.15) is 11.6 Å². The number of nitrogens with zero attached hydrogens (tertiary/aromatic N) is 4. The molecule has 2 aromatic rings. The van der Waals surface area contributed by atoms with Gasteiger partial charge in [0.15, 0.2) is 5.65 Å². The Hall–Kier alpha value is -1.89. The number of rotatable bonds is 4. The van der Waals surface area contributed by atoms with Gasteiger partial charge in [-0.25, -0.2) is 19.3 Å². The summed E-state index contributed by atoms with van der Waals surface area (Å²) in [6.07, 6.45) is 2.35. The van der Waals surface area contributed by atoms with Gasteiger partial charge in [0.2, 0.25) is 0 Å². The van der Waals surface area contributed by atoms with Gasteiger partial charge in [0.25, 0.3) is 0 Å². The van der Waals surface area contributed by atoms with Crippen LogP contribution >= 0.6 is 0 Å². The maximum atomic E-state index is 11.6. The first kappa shape index (κ1) is 14.1. The molecule has 7 heteroatoms. The van der Waals surface area contributed by atoms with E-state index in [0.29, 0.717) is 11.5 Å². The van der Waals surface area contributed by atoms with Gasteiger partial charge in [-0.15, -0.1) is 0 Å². The molecule has 7 nitrogen and oxygen atoms in total. The number of hydrogen-bond acceptors (Lipinski definition) is 5. The highest BCUT2D eigenvalue weighted by atomic mass is 16.1. The van der Waals surface area contributed by atoms with Crippen molar-refractivity contribution >= 4 is 11.5 Å². The highest BCUT2D eigenvalue weighted by Gasteiger charge is 2.21. The summed E-state index contributed by atoms with van der Waals surface area (Å²) in [6.45, 7) is 8.13. The van der Waals surface area contributed by atoms with Gasteiger partial charge in [-0.1, -0.05) is 6.92 Å². The third-order valence-corrected chi connectivity index (χ3v) is 4.18. The smallest absolute Gasteiger partial charge is 0.349 e. The Morgan fingerprint density at radius 1 is 1.43 bits per heavy atom. The van der Waals surface area contributed by atoms with E-state index in [-0.39, 0.29) is 5.69 Å². The van der Waals surface area contributed by atoms with E-state index in [9.17, 15) is 4.79 Å². The van der Waals surface area contributed by atoms with Gasteiger partial charge < -0.3 is 10.2 Å². The Bertz CT molecular complexity index is 668. The maximum Gasteiger partial charge on any atom is 0.349 e. The van der Waals surface area contributed by atoms with Crippen molar-refractivity contribution in [2.24, 2.45) is 5.92 Å². The average molecular weight is 290 g/mol. The summed E-state index contributed by atoms with van der Waals surface area (Å²) in [4.78, 5) is 18.5. The quantitative estimate of drug-likeness (QED) is 0.860. The number of anilines is 1. The molecule has 0 radical (unpaired) electrons. The first-order valence-electron chi connectivity index (χ1n) is 7.59. The lowest BCUT2D eigenvalue weighted by atomic mass is 9.97. The predicted molar refractivity (Wildman–Crippen MR) is 81.8 cm³/mol. The number of aromatic amines is 1. The van der Waals surface area contributed by atoms with Gasteiger partial charge in [-0.05, 0) is 38.8 Å². The summed E-state index contributed by atoms with van der Waals surface area (Å²) in [6, 6.07) is 1.88. The van der Waals surface area contributed by atoms with Crippen LogP contribution < -0.4 is 15.9 Å². The second-order valence-corrected chi connectivity index (χ2v) is 5.62. The van der Waals surface area contributed by atoms with Gasteiger partial charge in [-0.2, -0.15) is 5.10 Å². The summed E-state index contributed by atoms with van der Waals surface area (Å²) in [7, 11) is 0. The fraction of sp³-hybridized carbons (Fsp3) is 0.643. The predicted octanol–water partition coefficient (Wildman–Crippen LogP) is 0.552. The summed E-state index contributed by atoms with van der Waals surface area (Å²) in [5, 5.41) is 9.93. The van der Waals surface area contributed by atoms with E-state index in [4.69, 9.17) is 0 Å². The maximum absolute atomic E-state index is 11.6. The topological polar surface area (TPSA) is 78.3 Å². The lowest BCUT2D eigenvalue weighted by molar-refractivity contribution is 0.385. The van der Waals surface area contributed by atoms with Crippen LogP contribution in [0.2, 0.25) is 0 Å². The van der Waals surface area contributed by atoms with Crippen molar-refractivity contribution in [2.75, 3.05) is 31.1 Å². The van der Waals surface area contributed by atoms with E-state index in [1.165, 1.54) is 17.2 Å². The van der Waals surface area contributed by atoms with Crippen molar-refractivity contribution in [1.82, 2.24) is 24.9 Å². The number of piperidine rings is 1. The van der Waals surface area contributed by atoms with Crippen LogP contribution in [0.4, 0.5) is 5.82 Å². The minimum atomic E-state index is -0.231. The van der Waals surface area contributed by atoms with Crippen molar-refractivity contribution in [1.29, 1.82) is 0 Å². The molecule has 1 aliphatic rings. The fourth-order valence-corrected chi connectivity index (χ4v) is 2.96. The first-order chi connectivity index (χ1) is 10.2. The molecule has 1 fully saturated rings. The number of aryl methyl sites for hydroxylation is 1. The van der Waals surface area contributed by atoms with E-state index < -0.39 is 0 Å². The van der Waals surface area contributed by atoms with E-state index >= 15 is 0 Å².